The van der Waals surface area contributed by atoms with Crippen molar-refractivity contribution >= 4 is 23.2 Å². The summed E-state index contributed by atoms with van der Waals surface area (Å²) in [5.74, 6) is -0.209. The van der Waals surface area contributed by atoms with Crippen molar-refractivity contribution in [2.24, 2.45) is 0 Å². The molecule has 0 saturated carbocycles. The van der Waals surface area contributed by atoms with Gasteiger partial charge in [-0.1, -0.05) is 17.7 Å². The zero-order valence-electron chi connectivity index (χ0n) is 8.69. The molecule has 1 fully saturated rings. The first kappa shape index (κ1) is 11.2. The van der Waals surface area contributed by atoms with Crippen LogP contribution in [0.3, 0.4) is 0 Å². The maximum absolute atomic E-state index is 12.1. The van der Waals surface area contributed by atoms with Gasteiger partial charge in [0.05, 0.1) is 16.7 Å². The van der Waals surface area contributed by atoms with Crippen LogP contribution in [0.5, 0.6) is 0 Å². The second-order valence-electron chi connectivity index (χ2n) is 3.90. The molecule has 1 aliphatic rings. The number of hydrogen-bond donors (Lipinski definition) is 2. The molecule has 1 amide bonds. The lowest BCUT2D eigenvalue weighted by Gasteiger charge is -2.17. The highest BCUT2D eigenvalue weighted by Crippen LogP contribution is 2.25. The highest BCUT2D eigenvalue weighted by atomic mass is 35.5. The first-order chi connectivity index (χ1) is 7.59. The number of carbonyl (C=O) groups is 1. The Morgan fingerprint density at radius 2 is 2.31 bits per heavy atom. The van der Waals surface area contributed by atoms with Gasteiger partial charge in [-0.15, -0.1) is 0 Å². The number of amides is 1. The van der Waals surface area contributed by atoms with E-state index in [1.807, 2.05) is 0 Å². The number of likely N-dealkylation sites (tertiary alicyclic amines) is 1. The van der Waals surface area contributed by atoms with E-state index in [0.29, 0.717) is 35.8 Å². The highest BCUT2D eigenvalue weighted by Gasteiger charge is 2.27. The minimum absolute atomic E-state index is 0.209. The predicted octanol–water partition coefficient (Wildman–Crippen LogP) is 1.13. The van der Waals surface area contributed by atoms with Crippen molar-refractivity contribution in [2.45, 2.75) is 12.5 Å². The lowest BCUT2D eigenvalue weighted by Crippen LogP contribution is -2.30. The van der Waals surface area contributed by atoms with Gasteiger partial charge in [-0.3, -0.25) is 4.79 Å². The molecule has 1 unspecified atom stereocenters. The van der Waals surface area contributed by atoms with Crippen LogP contribution in [0.25, 0.3) is 0 Å². The van der Waals surface area contributed by atoms with Crippen molar-refractivity contribution in [2.75, 3.05) is 18.8 Å². The molecule has 0 aromatic heterocycles. The third-order valence-corrected chi connectivity index (χ3v) is 3.03. The summed E-state index contributed by atoms with van der Waals surface area (Å²) in [7, 11) is 0. The maximum Gasteiger partial charge on any atom is 0.257 e. The van der Waals surface area contributed by atoms with Crippen LogP contribution >= 0.6 is 11.6 Å². The number of aliphatic hydroxyl groups is 1. The van der Waals surface area contributed by atoms with Gasteiger partial charge in [0.2, 0.25) is 0 Å². The lowest BCUT2D eigenvalue weighted by molar-refractivity contribution is 0.0766. The summed E-state index contributed by atoms with van der Waals surface area (Å²) in [6.45, 7) is 0.897. The third-order valence-electron chi connectivity index (χ3n) is 2.71. The van der Waals surface area contributed by atoms with Gasteiger partial charge in [-0.25, -0.2) is 0 Å². The molecular weight excluding hydrogens is 228 g/mol. The summed E-state index contributed by atoms with van der Waals surface area (Å²) in [6, 6.07) is 4.98. The van der Waals surface area contributed by atoms with E-state index in [2.05, 4.69) is 0 Å². The maximum atomic E-state index is 12.1. The SMILES string of the molecule is Nc1cccc(Cl)c1C(=O)N1CCC(O)C1. The van der Waals surface area contributed by atoms with Gasteiger partial charge in [0, 0.05) is 18.8 Å². The van der Waals surface area contributed by atoms with Gasteiger partial charge in [0.15, 0.2) is 0 Å². The number of nitrogen functional groups attached to an aromatic ring is 1. The summed E-state index contributed by atoms with van der Waals surface area (Å²) >= 11 is 5.95. The monoisotopic (exact) mass is 240 g/mol. The van der Waals surface area contributed by atoms with E-state index >= 15 is 0 Å². The van der Waals surface area contributed by atoms with Crippen molar-refractivity contribution in [1.82, 2.24) is 4.90 Å². The van der Waals surface area contributed by atoms with Crippen molar-refractivity contribution < 1.29 is 9.90 Å². The summed E-state index contributed by atoms with van der Waals surface area (Å²) in [5, 5.41) is 9.73. The summed E-state index contributed by atoms with van der Waals surface area (Å²) in [5.41, 5.74) is 6.44. The van der Waals surface area contributed by atoms with Crippen molar-refractivity contribution in [3.8, 4) is 0 Å². The molecule has 5 heteroatoms. The number of hydrogen-bond acceptors (Lipinski definition) is 3. The molecule has 0 bridgehead atoms. The molecule has 1 aromatic carbocycles. The van der Waals surface area contributed by atoms with E-state index < -0.39 is 6.10 Å². The molecule has 1 atom stereocenters. The lowest BCUT2D eigenvalue weighted by atomic mass is 10.1. The minimum Gasteiger partial charge on any atom is -0.398 e. The highest BCUT2D eigenvalue weighted by molar-refractivity contribution is 6.34. The summed E-state index contributed by atoms with van der Waals surface area (Å²) < 4.78 is 0. The number of rotatable bonds is 1. The Bertz CT molecular complexity index is 402. The molecule has 0 aliphatic carbocycles. The van der Waals surface area contributed by atoms with Crippen LogP contribution in [0.4, 0.5) is 5.69 Å². The summed E-state index contributed by atoms with van der Waals surface area (Å²) in [6.07, 6.45) is 0.170. The summed E-state index contributed by atoms with van der Waals surface area (Å²) in [4.78, 5) is 13.7. The zero-order valence-corrected chi connectivity index (χ0v) is 9.44. The van der Waals surface area contributed by atoms with E-state index in [1.54, 1.807) is 23.1 Å². The van der Waals surface area contributed by atoms with Crippen molar-refractivity contribution in [3.63, 3.8) is 0 Å². The molecule has 86 valence electrons. The van der Waals surface area contributed by atoms with E-state index in [0.717, 1.165) is 0 Å². The number of nitrogens with zero attached hydrogens (tertiary/aromatic N) is 1. The number of β-amino-alcohol motifs (C(OH)–C–C–N with tert-alkyl or cyclic N) is 1. The van der Waals surface area contributed by atoms with Crippen LogP contribution < -0.4 is 5.73 Å². The fourth-order valence-electron chi connectivity index (χ4n) is 1.85. The molecule has 1 heterocycles. The average Bonchev–Trinajstić information content (AvgIpc) is 2.64. The van der Waals surface area contributed by atoms with Crippen LogP contribution in [0.15, 0.2) is 18.2 Å². The number of aliphatic hydroxyl groups excluding tert-OH is 1. The number of nitrogens with two attached hydrogens (primary N) is 1. The number of anilines is 1. The fourth-order valence-corrected chi connectivity index (χ4v) is 2.11. The van der Waals surface area contributed by atoms with E-state index in [9.17, 15) is 9.90 Å². The van der Waals surface area contributed by atoms with Gasteiger partial charge in [0.1, 0.15) is 0 Å². The van der Waals surface area contributed by atoms with Crippen LogP contribution in [-0.4, -0.2) is 35.1 Å². The molecular formula is C11H13ClN2O2. The Morgan fingerprint density at radius 3 is 2.88 bits per heavy atom. The Morgan fingerprint density at radius 1 is 1.56 bits per heavy atom. The van der Waals surface area contributed by atoms with E-state index in [4.69, 9.17) is 17.3 Å². The van der Waals surface area contributed by atoms with Gasteiger partial charge < -0.3 is 15.7 Å². The second kappa shape index (κ2) is 4.31. The quantitative estimate of drug-likeness (QED) is 0.724. The van der Waals surface area contributed by atoms with E-state index in [-0.39, 0.29) is 5.91 Å². The van der Waals surface area contributed by atoms with Gasteiger partial charge in [-0.05, 0) is 18.6 Å². The molecule has 0 spiro atoms. The van der Waals surface area contributed by atoms with Crippen LogP contribution in [-0.2, 0) is 0 Å². The fraction of sp³-hybridized carbons (Fsp3) is 0.364. The predicted molar refractivity (Wildman–Crippen MR) is 62.4 cm³/mol. The van der Waals surface area contributed by atoms with E-state index in [1.165, 1.54) is 0 Å². The molecule has 2 rings (SSSR count). The molecule has 0 radical (unpaired) electrons. The molecule has 1 aromatic rings. The standard InChI is InChI=1S/C11H13ClN2O2/c12-8-2-1-3-9(13)10(8)11(16)14-5-4-7(15)6-14/h1-3,7,15H,4-6,13H2. The smallest absolute Gasteiger partial charge is 0.257 e. The first-order valence-electron chi connectivity index (χ1n) is 5.11. The Kier molecular flexibility index (Phi) is 3.03. The van der Waals surface area contributed by atoms with Crippen LogP contribution in [0.1, 0.15) is 16.8 Å². The topological polar surface area (TPSA) is 66.6 Å². The normalized spacial score (nSPS) is 20.1. The molecule has 16 heavy (non-hydrogen) atoms. The third kappa shape index (κ3) is 1.99. The first-order valence-corrected chi connectivity index (χ1v) is 5.48. The van der Waals surface area contributed by atoms with Crippen LogP contribution in [0, 0.1) is 0 Å². The number of carbonyl (C=O) groups excluding carboxylic acids is 1. The van der Waals surface area contributed by atoms with Gasteiger partial charge in [0.25, 0.3) is 5.91 Å². The second-order valence-corrected chi connectivity index (χ2v) is 4.30. The Balaban J connectivity index is 2.27. The minimum atomic E-state index is -0.437. The largest absolute Gasteiger partial charge is 0.398 e. The molecule has 1 saturated heterocycles. The molecule has 1 aliphatic heterocycles. The molecule has 3 N–H and O–H groups in total. The molecule has 4 nitrogen and oxygen atoms in total. The van der Waals surface area contributed by atoms with Crippen molar-refractivity contribution in [3.05, 3.63) is 28.8 Å². The zero-order chi connectivity index (χ0) is 11.7. The van der Waals surface area contributed by atoms with Gasteiger partial charge >= 0.3 is 0 Å². The number of benzene rings is 1. The van der Waals surface area contributed by atoms with Crippen LogP contribution in [0.2, 0.25) is 5.02 Å². The van der Waals surface area contributed by atoms with Crippen molar-refractivity contribution in [1.29, 1.82) is 0 Å². The Hall–Kier alpha value is -1.26. The Labute approximate surface area is 98.6 Å². The number of halogens is 1. The van der Waals surface area contributed by atoms with Gasteiger partial charge in [-0.2, -0.15) is 0 Å². The average molecular weight is 241 g/mol.